The molecule has 23 heteroatoms. The van der Waals surface area contributed by atoms with E-state index >= 15 is 4.57 Å². The Morgan fingerprint density at radius 1 is 0.683 bits per heavy atom. The number of methoxy groups -OCH3 is 1. The largest absolute Gasteiger partial charge is 0.489 e. The fraction of sp³-hybridized carbons (Fsp3) is 0.458. The topological polar surface area (TPSA) is 163 Å². The average Bonchev–Trinajstić information content (AvgIpc) is 4.20. The number of nitrogens with one attached hydrogen (secondary N) is 4. The van der Waals surface area contributed by atoms with Gasteiger partial charge < -0.3 is 64.5 Å². The minimum absolute atomic E-state index is 0.00447. The van der Waals surface area contributed by atoms with E-state index in [-0.39, 0.29) is 79.5 Å². The lowest BCUT2D eigenvalue weighted by Crippen LogP contribution is -2.40. The molecule has 4 aromatic carbocycles. The number of nitrogens with zero attached hydrogens (tertiary/aromatic N) is 1. The van der Waals surface area contributed by atoms with Crippen molar-refractivity contribution in [2.24, 2.45) is 0 Å². The molecule has 0 amide bonds. The van der Waals surface area contributed by atoms with E-state index in [4.69, 9.17) is 18.9 Å². The molecule has 0 aliphatic carbocycles. The molecular formula is C59H69F6N5O8P2S2. The average molecular weight is 1220 g/mol. The molecule has 4 heterocycles. The van der Waals surface area contributed by atoms with Crippen molar-refractivity contribution in [1.82, 2.24) is 4.90 Å². The Bertz CT molecular complexity index is 3400. The molecule has 2 fully saturated rings. The lowest BCUT2D eigenvalue weighted by atomic mass is 10.0. The molecule has 6 N–H and O–H groups in total. The Balaban J connectivity index is 1.05. The van der Waals surface area contributed by atoms with Gasteiger partial charge >= 0.3 is 12.4 Å². The first-order valence-corrected chi connectivity index (χ1v) is 33.6. The fourth-order valence-corrected chi connectivity index (χ4v) is 15.1. The van der Waals surface area contributed by atoms with E-state index in [1.165, 1.54) is 11.3 Å². The van der Waals surface area contributed by atoms with Crippen LogP contribution in [-0.4, -0.2) is 146 Å². The van der Waals surface area contributed by atoms with Gasteiger partial charge in [-0.15, -0.1) is 22.7 Å². The zero-order chi connectivity index (χ0) is 58.7. The molecule has 2 aliphatic rings. The van der Waals surface area contributed by atoms with Crippen LogP contribution in [0.15, 0.2) is 66.7 Å². The van der Waals surface area contributed by atoms with Crippen LogP contribution >= 0.6 is 37.0 Å². The first kappa shape index (κ1) is 62.6. The van der Waals surface area contributed by atoms with Crippen molar-refractivity contribution in [3.63, 3.8) is 0 Å². The third-order valence-electron chi connectivity index (χ3n) is 14.2. The molecule has 1 unspecified atom stereocenters. The van der Waals surface area contributed by atoms with E-state index in [1.807, 2.05) is 6.07 Å². The Hall–Kier alpha value is -5.44. The van der Waals surface area contributed by atoms with Crippen molar-refractivity contribution in [3.05, 3.63) is 93.2 Å². The van der Waals surface area contributed by atoms with Crippen LogP contribution in [0.4, 0.5) is 49.1 Å². The minimum atomic E-state index is -4.57. The molecule has 2 saturated heterocycles. The van der Waals surface area contributed by atoms with E-state index in [1.54, 1.807) is 87.8 Å². The Kier molecular flexibility index (Phi) is 21.3. The third-order valence-corrected chi connectivity index (χ3v) is 20.4. The molecule has 13 nitrogen and oxygen atoms in total. The number of ether oxygens (including phenoxy) is 4. The number of thiophene rings is 2. The van der Waals surface area contributed by atoms with E-state index in [0.717, 1.165) is 49.5 Å². The molecule has 442 valence electrons. The minimum Gasteiger partial charge on any atom is -0.489 e. The number of anilines is 4. The van der Waals surface area contributed by atoms with Crippen LogP contribution in [-0.2, 0) is 37.6 Å². The van der Waals surface area contributed by atoms with Crippen LogP contribution in [0.1, 0.15) is 52.1 Å². The highest BCUT2D eigenvalue weighted by Crippen LogP contribution is 2.50. The summed E-state index contributed by atoms with van der Waals surface area (Å²) in [4.78, 5) is 2.87. The van der Waals surface area contributed by atoms with Crippen molar-refractivity contribution in [2.45, 2.75) is 69.1 Å². The van der Waals surface area contributed by atoms with Gasteiger partial charge in [0, 0.05) is 68.8 Å². The highest BCUT2D eigenvalue weighted by molar-refractivity contribution is 7.70. The molecule has 2 aliphatic heterocycles. The maximum Gasteiger partial charge on any atom is 0.393 e. The van der Waals surface area contributed by atoms with Gasteiger partial charge in [-0.05, 0) is 116 Å². The van der Waals surface area contributed by atoms with Crippen LogP contribution in [0.3, 0.4) is 0 Å². The van der Waals surface area contributed by atoms with Gasteiger partial charge in [-0.1, -0.05) is 47.9 Å². The van der Waals surface area contributed by atoms with E-state index < -0.39 is 39.5 Å². The van der Waals surface area contributed by atoms with Gasteiger partial charge in [0.25, 0.3) is 0 Å². The van der Waals surface area contributed by atoms with Crippen LogP contribution < -0.4 is 41.3 Å². The van der Waals surface area contributed by atoms with Gasteiger partial charge in [-0.2, -0.15) is 26.3 Å². The number of hydrogen-bond acceptors (Lipinski definition) is 15. The number of hydrogen-bond donors (Lipinski definition) is 6. The summed E-state index contributed by atoms with van der Waals surface area (Å²) in [5, 5.41) is 34.6. The molecule has 1 atom stereocenters. The van der Waals surface area contributed by atoms with Crippen molar-refractivity contribution >= 4 is 90.5 Å². The summed E-state index contributed by atoms with van der Waals surface area (Å²) in [6.45, 7) is 8.43. The van der Waals surface area contributed by atoms with E-state index in [0.29, 0.717) is 96.7 Å². The fourth-order valence-electron chi connectivity index (χ4n) is 10.0. The van der Waals surface area contributed by atoms with E-state index in [9.17, 15) is 41.1 Å². The SMILES string of the molecule is COCCN1CCC(Nc2cccc3c(CC(F)(F)F)c(C#CCNc4ccc(P(C)(=O)Cc5ccc6c(CC(F)(F)F)c(C#CCNc7ccc(P(C)(C)=O)cc7OCCO)sc6c5NC5CCOCC5)cc4OCCO)sc23)CC1. The summed E-state index contributed by atoms with van der Waals surface area (Å²) in [6.07, 6.45) is -8.37. The molecule has 0 bridgehead atoms. The molecule has 6 aromatic rings. The second kappa shape index (κ2) is 28.0. The van der Waals surface area contributed by atoms with Gasteiger partial charge in [0.1, 0.15) is 39.0 Å². The first-order valence-electron chi connectivity index (χ1n) is 27.0. The zero-order valence-corrected chi connectivity index (χ0v) is 49.6. The van der Waals surface area contributed by atoms with Gasteiger partial charge in [0.05, 0.1) is 87.7 Å². The summed E-state index contributed by atoms with van der Waals surface area (Å²) in [7, 11) is -4.34. The van der Waals surface area contributed by atoms with Crippen molar-refractivity contribution in [1.29, 1.82) is 0 Å². The number of aliphatic hydroxyl groups excluding tert-OH is 2. The van der Waals surface area contributed by atoms with Crippen LogP contribution in [0, 0.1) is 23.7 Å². The Morgan fingerprint density at radius 2 is 1.23 bits per heavy atom. The van der Waals surface area contributed by atoms with Crippen molar-refractivity contribution < 1.29 is 64.6 Å². The summed E-state index contributed by atoms with van der Waals surface area (Å²) < 4.78 is 137. The number of rotatable bonds is 23. The van der Waals surface area contributed by atoms with Crippen molar-refractivity contribution in [2.75, 3.05) is 127 Å². The maximum absolute atomic E-state index is 15.1. The second-order valence-electron chi connectivity index (χ2n) is 20.8. The monoisotopic (exact) mass is 1220 g/mol. The Morgan fingerprint density at radius 3 is 1.79 bits per heavy atom. The number of benzene rings is 4. The van der Waals surface area contributed by atoms with Gasteiger partial charge in [-0.3, -0.25) is 0 Å². The lowest BCUT2D eigenvalue weighted by molar-refractivity contribution is -0.127. The molecule has 0 saturated carbocycles. The number of alkyl halides is 6. The third kappa shape index (κ3) is 16.9. The lowest BCUT2D eigenvalue weighted by Gasteiger charge is -2.32. The maximum atomic E-state index is 15.1. The van der Waals surface area contributed by atoms with Crippen LogP contribution in [0.2, 0.25) is 0 Å². The summed E-state index contributed by atoms with van der Waals surface area (Å²) in [5.74, 6) is 12.6. The highest BCUT2D eigenvalue weighted by Gasteiger charge is 2.34. The second-order valence-corrected chi connectivity index (χ2v) is 29.1. The molecule has 0 radical (unpaired) electrons. The quantitative estimate of drug-likeness (QED) is 0.0204. The standard InChI is InChI=1S/C59H69F6N5O8P2S2/c1-75-31-26-70-24-18-40(19-25-70)68-50-9-5-8-44-46(36-58(60,61)62)53(81-56(44)50)10-6-22-67-49-17-14-43(35-52(49)78-33-28-72)80(4,74)38-39-12-15-45-47(37-59(63,64)65)54(82-57(45)55(39)69-41-20-29-76-30-21-41)11-7-23-66-48-16-13-42(79(2,3)73)34-51(48)77-32-27-71/h5,8-9,12-17,34-35,40-41,66-69,71-72H,18-33,36-38H2,1-4H3. The van der Waals surface area contributed by atoms with Crippen LogP contribution in [0.5, 0.6) is 11.5 Å². The molecule has 82 heavy (non-hydrogen) atoms. The summed E-state index contributed by atoms with van der Waals surface area (Å²) >= 11 is 2.35. The Labute approximate surface area is 482 Å². The number of aliphatic hydroxyl groups is 2. The number of likely N-dealkylation sites (tertiary alicyclic amines) is 1. The normalized spacial score (nSPS) is 15.6. The predicted octanol–water partition coefficient (Wildman–Crippen LogP) is 11.2. The predicted molar refractivity (Wildman–Crippen MR) is 320 cm³/mol. The molecule has 0 spiro atoms. The first-order chi connectivity index (χ1) is 39.1. The molecular weight excluding hydrogens is 1150 g/mol. The smallest absolute Gasteiger partial charge is 0.393 e. The molecule has 2 aromatic heterocycles. The van der Waals surface area contributed by atoms with Crippen molar-refractivity contribution in [3.8, 4) is 35.2 Å². The number of piperidine rings is 1. The van der Waals surface area contributed by atoms with Gasteiger partial charge in [-0.25, -0.2) is 0 Å². The highest BCUT2D eigenvalue weighted by atomic mass is 32.1. The zero-order valence-electron chi connectivity index (χ0n) is 46.2. The number of halogens is 6. The van der Waals surface area contributed by atoms with Crippen LogP contribution in [0.25, 0.3) is 20.2 Å². The van der Waals surface area contributed by atoms with Gasteiger partial charge in [0.15, 0.2) is 0 Å². The summed E-state index contributed by atoms with van der Waals surface area (Å²) in [5.41, 5.74) is 3.04. The van der Waals surface area contributed by atoms with E-state index in [2.05, 4.69) is 49.8 Å². The summed E-state index contributed by atoms with van der Waals surface area (Å²) in [6, 6.07) is 18.8. The number of fused-ring (bicyclic) bond motifs is 2. The molecule has 8 rings (SSSR count). The van der Waals surface area contributed by atoms with Gasteiger partial charge in [0.2, 0.25) is 0 Å².